The predicted molar refractivity (Wildman–Crippen MR) is 152 cm³/mol. The molecular weight excluding hydrogens is 477 g/mol. The van der Waals surface area contributed by atoms with Gasteiger partial charge >= 0.3 is 0 Å². The highest BCUT2D eigenvalue weighted by Gasteiger charge is 2.26. The molecular formula is C28H43Cl2N5. The number of nitrogens with zero attached hydrogens (tertiary/aromatic N) is 5. The summed E-state index contributed by atoms with van der Waals surface area (Å²) in [6.07, 6.45) is 3.28. The number of pyridine rings is 1. The van der Waals surface area contributed by atoms with Crippen molar-refractivity contribution in [2.24, 2.45) is 5.92 Å². The highest BCUT2D eigenvalue weighted by atomic mass is 35.5. The zero-order chi connectivity index (χ0) is 23.5. The molecule has 1 atom stereocenters. The van der Waals surface area contributed by atoms with E-state index in [1.807, 2.05) is 0 Å². The van der Waals surface area contributed by atoms with E-state index in [4.69, 9.17) is 9.97 Å². The lowest BCUT2D eigenvalue weighted by Gasteiger charge is -2.42. The average molecular weight is 521 g/mol. The van der Waals surface area contributed by atoms with E-state index in [0.29, 0.717) is 12.0 Å². The number of rotatable bonds is 8. The molecule has 1 aliphatic rings. The van der Waals surface area contributed by atoms with Crippen molar-refractivity contribution in [3.8, 4) is 0 Å². The van der Waals surface area contributed by atoms with Crippen LogP contribution in [0.3, 0.4) is 0 Å². The second kappa shape index (κ2) is 13.0. The molecule has 4 rings (SSSR count). The first-order valence-electron chi connectivity index (χ1n) is 12.7. The average Bonchev–Trinajstić information content (AvgIpc) is 3.13. The van der Waals surface area contributed by atoms with Gasteiger partial charge in [-0.3, -0.25) is 4.90 Å². The smallest absolute Gasteiger partial charge is 0.160 e. The standard InChI is InChI=1S/C28H41N5.2ClH/c1-7-26-30-27-21(4)17-22(5)29-28(27)33(26)18-24-12-10-23(11-13-24)9-8-14-32-16-15-31(6)19-25(32)20(2)3;;/h10-13,17,20,25H,7-9,14-16,18-19H2,1-6H3;2*1H/t25-;;/m1../s1. The number of fused-ring (bicyclic) bond motifs is 1. The third-order valence-corrected chi connectivity index (χ3v) is 7.20. The van der Waals surface area contributed by atoms with Gasteiger partial charge in [-0.1, -0.05) is 45.0 Å². The van der Waals surface area contributed by atoms with E-state index in [-0.39, 0.29) is 24.8 Å². The molecule has 1 fully saturated rings. The molecule has 5 nitrogen and oxygen atoms in total. The minimum absolute atomic E-state index is 0. The van der Waals surface area contributed by atoms with Gasteiger partial charge < -0.3 is 9.47 Å². The van der Waals surface area contributed by atoms with Crippen LogP contribution in [0.25, 0.3) is 11.2 Å². The molecule has 3 aromatic rings. The summed E-state index contributed by atoms with van der Waals surface area (Å²) in [6.45, 7) is 16.7. The Hall–Kier alpha value is -1.66. The molecule has 194 valence electrons. The van der Waals surface area contributed by atoms with Crippen LogP contribution >= 0.6 is 24.8 Å². The van der Waals surface area contributed by atoms with E-state index >= 15 is 0 Å². The van der Waals surface area contributed by atoms with Gasteiger partial charge in [-0.25, -0.2) is 9.97 Å². The summed E-state index contributed by atoms with van der Waals surface area (Å²) in [4.78, 5) is 14.9. The molecule has 35 heavy (non-hydrogen) atoms. The van der Waals surface area contributed by atoms with Crippen LogP contribution in [0.15, 0.2) is 30.3 Å². The minimum atomic E-state index is 0. The van der Waals surface area contributed by atoms with Gasteiger partial charge in [0.1, 0.15) is 11.3 Å². The van der Waals surface area contributed by atoms with Crippen LogP contribution in [-0.2, 0) is 19.4 Å². The second-order valence-corrected chi connectivity index (χ2v) is 10.3. The quantitative estimate of drug-likeness (QED) is 0.382. The van der Waals surface area contributed by atoms with Crippen molar-refractivity contribution in [1.82, 2.24) is 24.3 Å². The van der Waals surface area contributed by atoms with Crippen LogP contribution in [0, 0.1) is 19.8 Å². The van der Waals surface area contributed by atoms with Crippen molar-refractivity contribution in [2.45, 2.75) is 66.5 Å². The molecule has 0 aliphatic carbocycles. The van der Waals surface area contributed by atoms with Gasteiger partial charge in [0.15, 0.2) is 5.65 Å². The number of piperazine rings is 1. The number of likely N-dealkylation sites (N-methyl/N-ethyl adjacent to an activating group) is 1. The maximum Gasteiger partial charge on any atom is 0.160 e. The first kappa shape index (κ1) is 29.6. The van der Waals surface area contributed by atoms with E-state index in [9.17, 15) is 0 Å². The molecule has 7 heteroatoms. The van der Waals surface area contributed by atoms with E-state index < -0.39 is 0 Å². The summed E-state index contributed by atoms with van der Waals surface area (Å²) in [5.41, 5.74) is 7.07. The van der Waals surface area contributed by atoms with Crippen LogP contribution in [0.2, 0.25) is 0 Å². The summed E-state index contributed by atoms with van der Waals surface area (Å²) in [5.74, 6) is 1.82. The normalized spacial score (nSPS) is 16.9. The highest BCUT2D eigenvalue weighted by Crippen LogP contribution is 2.22. The fraction of sp³-hybridized carbons (Fsp3) is 0.571. The van der Waals surface area contributed by atoms with Crippen molar-refractivity contribution in [3.63, 3.8) is 0 Å². The van der Waals surface area contributed by atoms with Gasteiger partial charge in [-0.2, -0.15) is 0 Å². The zero-order valence-corrected chi connectivity index (χ0v) is 23.9. The molecule has 0 saturated carbocycles. The maximum absolute atomic E-state index is 4.89. The number of imidazole rings is 1. The summed E-state index contributed by atoms with van der Waals surface area (Å²) in [7, 11) is 2.25. The predicted octanol–water partition coefficient (Wildman–Crippen LogP) is 5.71. The molecule has 0 amide bonds. The fourth-order valence-corrected chi connectivity index (χ4v) is 5.27. The first-order valence-corrected chi connectivity index (χ1v) is 12.7. The van der Waals surface area contributed by atoms with Crippen LogP contribution < -0.4 is 0 Å². The Bertz CT molecular complexity index is 1080. The van der Waals surface area contributed by atoms with E-state index in [1.54, 1.807) is 0 Å². The Kier molecular flexibility index (Phi) is 11.0. The molecule has 0 unspecified atom stereocenters. The SMILES string of the molecule is CCc1nc2c(C)cc(C)nc2n1Cc1ccc(CCCN2CCN(C)C[C@@H]2C(C)C)cc1.Cl.Cl. The third kappa shape index (κ3) is 6.97. The highest BCUT2D eigenvalue weighted by molar-refractivity contribution is 5.85. The number of hydrogen-bond acceptors (Lipinski definition) is 4. The van der Waals surface area contributed by atoms with Crippen molar-refractivity contribution >= 4 is 36.0 Å². The Balaban J connectivity index is 0.00000216. The van der Waals surface area contributed by atoms with E-state index in [0.717, 1.165) is 42.1 Å². The van der Waals surface area contributed by atoms with E-state index in [2.05, 4.69) is 86.4 Å². The summed E-state index contributed by atoms with van der Waals surface area (Å²) >= 11 is 0. The van der Waals surface area contributed by atoms with Crippen LogP contribution in [0.1, 0.15) is 55.4 Å². The van der Waals surface area contributed by atoms with Gasteiger partial charge in [0.2, 0.25) is 0 Å². The van der Waals surface area contributed by atoms with Gasteiger partial charge in [0.25, 0.3) is 0 Å². The molecule has 3 heterocycles. The lowest BCUT2D eigenvalue weighted by atomic mass is 9.99. The lowest BCUT2D eigenvalue weighted by molar-refractivity contribution is 0.0624. The molecule has 1 aliphatic heterocycles. The number of hydrogen-bond donors (Lipinski definition) is 0. The number of halogens is 2. The second-order valence-electron chi connectivity index (χ2n) is 10.3. The van der Waals surface area contributed by atoms with Gasteiger partial charge in [-0.15, -0.1) is 24.8 Å². The molecule has 0 bridgehead atoms. The molecule has 0 spiro atoms. The summed E-state index contributed by atoms with van der Waals surface area (Å²) < 4.78 is 2.30. The molecule has 0 radical (unpaired) electrons. The molecule has 2 aromatic heterocycles. The largest absolute Gasteiger partial charge is 0.308 e. The third-order valence-electron chi connectivity index (χ3n) is 7.20. The maximum atomic E-state index is 4.89. The molecule has 1 saturated heterocycles. The fourth-order valence-electron chi connectivity index (χ4n) is 5.27. The van der Waals surface area contributed by atoms with Gasteiger partial charge in [0.05, 0.1) is 6.54 Å². The number of aryl methyl sites for hydroxylation is 4. The van der Waals surface area contributed by atoms with Crippen molar-refractivity contribution in [3.05, 3.63) is 58.5 Å². The summed E-state index contributed by atoms with van der Waals surface area (Å²) in [5, 5.41) is 0. The summed E-state index contributed by atoms with van der Waals surface area (Å²) in [6, 6.07) is 12.0. The van der Waals surface area contributed by atoms with Gasteiger partial charge in [0, 0.05) is 37.8 Å². The lowest BCUT2D eigenvalue weighted by Crippen LogP contribution is -2.54. The van der Waals surface area contributed by atoms with Crippen molar-refractivity contribution in [1.29, 1.82) is 0 Å². The van der Waals surface area contributed by atoms with E-state index in [1.165, 1.54) is 49.3 Å². The molecule has 1 aromatic carbocycles. The Labute approximate surface area is 224 Å². The van der Waals surface area contributed by atoms with Crippen molar-refractivity contribution in [2.75, 3.05) is 33.2 Å². The monoisotopic (exact) mass is 519 g/mol. The Morgan fingerprint density at radius 1 is 1.00 bits per heavy atom. The zero-order valence-electron chi connectivity index (χ0n) is 22.3. The van der Waals surface area contributed by atoms with Crippen LogP contribution in [0.4, 0.5) is 0 Å². The number of benzene rings is 1. The van der Waals surface area contributed by atoms with Crippen molar-refractivity contribution < 1.29 is 0 Å². The Morgan fingerprint density at radius 3 is 2.34 bits per heavy atom. The van der Waals surface area contributed by atoms with Crippen LogP contribution in [0.5, 0.6) is 0 Å². The topological polar surface area (TPSA) is 37.2 Å². The minimum Gasteiger partial charge on any atom is -0.308 e. The van der Waals surface area contributed by atoms with Gasteiger partial charge in [-0.05, 0) is 69.0 Å². The first-order chi connectivity index (χ1) is 15.9. The number of aromatic nitrogens is 3. The Morgan fingerprint density at radius 2 is 1.69 bits per heavy atom. The molecule has 0 N–H and O–H groups in total. The van der Waals surface area contributed by atoms with Crippen LogP contribution in [-0.4, -0.2) is 63.6 Å².